The van der Waals surface area contributed by atoms with Gasteiger partial charge >= 0.3 is 0 Å². The van der Waals surface area contributed by atoms with Crippen molar-refractivity contribution in [2.24, 2.45) is 0 Å². The molecule has 0 heterocycles. The summed E-state index contributed by atoms with van der Waals surface area (Å²) in [5, 5.41) is 2.27. The third-order valence-corrected chi connectivity index (χ3v) is 1.89. The molecular formula is C11H18ClNO. The second-order valence-electron chi connectivity index (χ2n) is 2.96. The van der Waals surface area contributed by atoms with Gasteiger partial charge in [-0.1, -0.05) is 30.3 Å². The van der Waals surface area contributed by atoms with Crippen molar-refractivity contribution in [3.8, 4) is 0 Å². The fraction of sp³-hybridized carbons (Fsp3) is 0.455. The van der Waals surface area contributed by atoms with Gasteiger partial charge in [-0.15, -0.1) is 0 Å². The average Bonchev–Trinajstić information content (AvgIpc) is 2.19. The average molecular weight is 216 g/mol. The maximum atomic E-state index is 5.24. The first-order chi connectivity index (χ1) is 6.43. The van der Waals surface area contributed by atoms with Crippen LogP contribution >= 0.6 is 0 Å². The second-order valence-corrected chi connectivity index (χ2v) is 2.96. The summed E-state index contributed by atoms with van der Waals surface area (Å²) in [6, 6.07) is 10.5. The summed E-state index contributed by atoms with van der Waals surface area (Å²) >= 11 is 0. The fourth-order valence-corrected chi connectivity index (χ4v) is 1.19. The molecule has 0 fully saturated rings. The molecule has 80 valence electrons. The van der Waals surface area contributed by atoms with E-state index in [-0.39, 0.29) is 12.4 Å². The lowest BCUT2D eigenvalue weighted by Crippen LogP contribution is -3.00. The first-order valence-electron chi connectivity index (χ1n) is 4.87. The van der Waals surface area contributed by atoms with Crippen LogP contribution in [0.2, 0.25) is 0 Å². The number of hydrogen-bond acceptors (Lipinski definition) is 1. The molecule has 14 heavy (non-hydrogen) atoms. The summed E-state index contributed by atoms with van der Waals surface area (Å²) in [5.41, 5.74) is 1.37. The summed E-state index contributed by atoms with van der Waals surface area (Å²) in [5.74, 6) is 0. The first-order valence-corrected chi connectivity index (χ1v) is 4.87. The molecule has 0 aliphatic heterocycles. The zero-order valence-corrected chi connectivity index (χ0v) is 9.33. The normalized spacial score (nSPS) is 9.50. The van der Waals surface area contributed by atoms with E-state index < -0.39 is 0 Å². The fourth-order valence-electron chi connectivity index (χ4n) is 1.19. The van der Waals surface area contributed by atoms with Crippen molar-refractivity contribution in [2.45, 2.75) is 13.5 Å². The summed E-state index contributed by atoms with van der Waals surface area (Å²) in [4.78, 5) is 0. The van der Waals surface area contributed by atoms with Gasteiger partial charge in [0, 0.05) is 12.2 Å². The van der Waals surface area contributed by atoms with Crippen molar-refractivity contribution in [2.75, 3.05) is 19.8 Å². The molecular weight excluding hydrogens is 198 g/mol. The quantitative estimate of drug-likeness (QED) is 0.536. The summed E-state index contributed by atoms with van der Waals surface area (Å²) in [6.45, 7) is 5.79. The third kappa shape index (κ3) is 5.97. The zero-order valence-electron chi connectivity index (χ0n) is 8.58. The molecule has 0 aliphatic carbocycles. The lowest BCUT2D eigenvalue weighted by atomic mass is 10.2. The maximum Gasteiger partial charge on any atom is 0.101 e. The Morgan fingerprint density at radius 3 is 2.57 bits per heavy atom. The predicted molar refractivity (Wildman–Crippen MR) is 53.4 cm³/mol. The van der Waals surface area contributed by atoms with E-state index in [4.69, 9.17) is 4.74 Å². The SMILES string of the molecule is CCOCC[NH2+]Cc1ccccc1.[Cl-]. The Morgan fingerprint density at radius 1 is 1.21 bits per heavy atom. The van der Waals surface area contributed by atoms with Crippen LogP contribution in [-0.4, -0.2) is 19.8 Å². The van der Waals surface area contributed by atoms with Crippen LogP contribution in [0.25, 0.3) is 0 Å². The van der Waals surface area contributed by atoms with Gasteiger partial charge in [0.2, 0.25) is 0 Å². The van der Waals surface area contributed by atoms with Gasteiger partial charge in [0.25, 0.3) is 0 Å². The van der Waals surface area contributed by atoms with Crippen molar-refractivity contribution < 1.29 is 22.5 Å². The Labute approximate surface area is 92.1 Å². The Balaban J connectivity index is 0.00000169. The van der Waals surface area contributed by atoms with E-state index in [1.807, 2.05) is 13.0 Å². The minimum absolute atomic E-state index is 0. The smallest absolute Gasteiger partial charge is 0.101 e. The molecule has 2 nitrogen and oxygen atoms in total. The molecule has 0 bridgehead atoms. The van der Waals surface area contributed by atoms with Crippen molar-refractivity contribution in [1.29, 1.82) is 0 Å². The number of quaternary nitrogens is 1. The van der Waals surface area contributed by atoms with Gasteiger partial charge in [0.15, 0.2) is 0 Å². The molecule has 0 spiro atoms. The highest BCUT2D eigenvalue weighted by Gasteiger charge is 1.93. The molecule has 0 amide bonds. The molecule has 1 aromatic carbocycles. The largest absolute Gasteiger partial charge is 1.00 e. The highest BCUT2D eigenvalue weighted by Crippen LogP contribution is 1.93. The number of ether oxygens (including phenoxy) is 1. The van der Waals surface area contributed by atoms with E-state index in [0.717, 1.165) is 26.3 Å². The number of benzene rings is 1. The molecule has 1 rings (SSSR count). The van der Waals surface area contributed by atoms with Gasteiger partial charge in [-0.3, -0.25) is 0 Å². The van der Waals surface area contributed by atoms with E-state index in [2.05, 4.69) is 29.6 Å². The molecule has 0 atom stereocenters. The van der Waals surface area contributed by atoms with Crippen molar-refractivity contribution in [3.63, 3.8) is 0 Å². The van der Waals surface area contributed by atoms with Crippen LogP contribution < -0.4 is 17.7 Å². The predicted octanol–water partition coefficient (Wildman–Crippen LogP) is -2.21. The van der Waals surface area contributed by atoms with E-state index >= 15 is 0 Å². The molecule has 2 N–H and O–H groups in total. The maximum absolute atomic E-state index is 5.24. The number of rotatable bonds is 6. The van der Waals surface area contributed by atoms with Crippen molar-refractivity contribution in [1.82, 2.24) is 0 Å². The highest BCUT2D eigenvalue weighted by atomic mass is 35.5. The molecule has 0 aliphatic rings. The van der Waals surface area contributed by atoms with E-state index in [9.17, 15) is 0 Å². The number of hydrogen-bond donors (Lipinski definition) is 1. The van der Waals surface area contributed by atoms with E-state index in [1.54, 1.807) is 0 Å². The molecule has 0 radical (unpaired) electrons. The zero-order chi connectivity index (χ0) is 9.36. The van der Waals surface area contributed by atoms with Gasteiger partial charge in [-0.05, 0) is 6.92 Å². The molecule has 0 saturated heterocycles. The molecule has 0 unspecified atom stereocenters. The Kier molecular flexibility index (Phi) is 8.64. The van der Waals surface area contributed by atoms with Crippen LogP contribution in [0.1, 0.15) is 12.5 Å². The number of halogens is 1. The topological polar surface area (TPSA) is 25.8 Å². The third-order valence-electron chi connectivity index (χ3n) is 1.89. The summed E-state index contributed by atoms with van der Waals surface area (Å²) < 4.78 is 5.24. The lowest BCUT2D eigenvalue weighted by Gasteiger charge is -2.01. The van der Waals surface area contributed by atoms with Crippen molar-refractivity contribution >= 4 is 0 Å². The van der Waals surface area contributed by atoms with E-state index in [0.29, 0.717) is 0 Å². The molecule has 1 aromatic rings. The van der Waals surface area contributed by atoms with Gasteiger partial charge in [-0.25, -0.2) is 0 Å². The molecule has 0 aromatic heterocycles. The van der Waals surface area contributed by atoms with Crippen LogP contribution in [-0.2, 0) is 11.3 Å². The number of nitrogens with two attached hydrogens (primary N) is 1. The molecule has 0 saturated carbocycles. The van der Waals surface area contributed by atoms with Crippen LogP contribution in [0.15, 0.2) is 30.3 Å². The Hall–Kier alpha value is -0.570. The van der Waals surface area contributed by atoms with Gasteiger partial charge in [0.05, 0.1) is 13.2 Å². The lowest BCUT2D eigenvalue weighted by molar-refractivity contribution is -0.672. The summed E-state index contributed by atoms with van der Waals surface area (Å²) in [6.07, 6.45) is 0. The monoisotopic (exact) mass is 215 g/mol. The van der Waals surface area contributed by atoms with Crippen LogP contribution in [0.5, 0.6) is 0 Å². The minimum atomic E-state index is 0. The van der Waals surface area contributed by atoms with Gasteiger partial charge in [-0.2, -0.15) is 0 Å². The van der Waals surface area contributed by atoms with Gasteiger partial charge < -0.3 is 22.5 Å². The highest BCUT2D eigenvalue weighted by molar-refractivity contribution is 5.12. The van der Waals surface area contributed by atoms with Crippen LogP contribution in [0.4, 0.5) is 0 Å². The standard InChI is InChI=1S/C11H17NO.ClH/c1-2-13-9-8-12-10-11-6-4-3-5-7-11;/h3-7,12H,2,8-10H2,1H3;1H. The van der Waals surface area contributed by atoms with Gasteiger partial charge in [0.1, 0.15) is 6.54 Å². The van der Waals surface area contributed by atoms with Crippen LogP contribution in [0, 0.1) is 0 Å². The summed E-state index contributed by atoms with van der Waals surface area (Å²) in [7, 11) is 0. The first kappa shape index (κ1) is 13.4. The van der Waals surface area contributed by atoms with Crippen molar-refractivity contribution in [3.05, 3.63) is 35.9 Å². The van der Waals surface area contributed by atoms with Crippen LogP contribution in [0.3, 0.4) is 0 Å². The molecule has 3 heteroatoms. The second kappa shape index (κ2) is 9.00. The van der Waals surface area contributed by atoms with E-state index in [1.165, 1.54) is 5.56 Å². The Bertz CT molecular complexity index is 216. The minimum Gasteiger partial charge on any atom is -1.00 e. The Morgan fingerprint density at radius 2 is 1.93 bits per heavy atom.